The molecule has 1 aromatic heterocycles. The summed E-state index contributed by atoms with van der Waals surface area (Å²) in [7, 11) is 1.47. The number of nitrogens with zero attached hydrogens (tertiary/aromatic N) is 2. The molecular weight excluding hydrogens is 324 g/mol. The second kappa shape index (κ2) is 7.14. The molecule has 2 heterocycles. The molecule has 3 rings (SSSR count). The molecule has 2 aromatic rings. The summed E-state index contributed by atoms with van der Waals surface area (Å²) in [5, 5.41) is 0. The van der Waals surface area contributed by atoms with Gasteiger partial charge in [0.2, 0.25) is 0 Å². The Morgan fingerprint density at radius 3 is 2.48 bits per heavy atom. The molecule has 7 nitrogen and oxygen atoms in total. The number of benzene rings is 1. The third kappa shape index (κ3) is 3.22. The topological polar surface area (TPSA) is 80.1 Å². The number of methoxy groups -OCH3 is 1. The van der Waals surface area contributed by atoms with Gasteiger partial charge in [0, 0.05) is 12.7 Å². The predicted molar refractivity (Wildman–Crippen MR) is 89.6 cm³/mol. The number of barbiturate groups is 1. The van der Waals surface area contributed by atoms with Crippen molar-refractivity contribution in [3.8, 4) is 0 Å². The Kier molecular flexibility index (Phi) is 4.76. The van der Waals surface area contributed by atoms with E-state index in [1.807, 2.05) is 0 Å². The van der Waals surface area contributed by atoms with Gasteiger partial charge in [0.25, 0.3) is 11.8 Å². The summed E-state index contributed by atoms with van der Waals surface area (Å²) in [4.78, 5) is 40.2. The van der Waals surface area contributed by atoms with Crippen LogP contribution < -0.4 is 4.90 Å². The van der Waals surface area contributed by atoms with E-state index in [4.69, 9.17) is 9.15 Å². The van der Waals surface area contributed by atoms with E-state index in [1.54, 1.807) is 36.4 Å². The van der Waals surface area contributed by atoms with Gasteiger partial charge in [-0.2, -0.15) is 0 Å². The molecule has 0 saturated carbocycles. The first kappa shape index (κ1) is 16.7. The van der Waals surface area contributed by atoms with Crippen molar-refractivity contribution in [2.24, 2.45) is 0 Å². The summed E-state index contributed by atoms with van der Waals surface area (Å²) in [6.07, 6.45) is 4.26. The highest BCUT2D eigenvalue weighted by Gasteiger charge is 2.42. The van der Waals surface area contributed by atoms with Crippen molar-refractivity contribution in [3.63, 3.8) is 0 Å². The van der Waals surface area contributed by atoms with Crippen LogP contribution in [0.5, 0.6) is 0 Å². The maximum Gasteiger partial charge on any atom is 0.338 e. The summed E-state index contributed by atoms with van der Waals surface area (Å²) in [5.41, 5.74) is 0.845. The number of furan rings is 1. The standard InChI is InChI=1S/C18H16N2O5/c1-24-10-8-19-16(21)15(11-13-7-9-25-12-13)17(22)20(18(19)23)14-5-3-2-4-6-14/h2-7,9,11-12H,8,10H2,1H3/b15-11-. The Morgan fingerprint density at radius 1 is 1.08 bits per heavy atom. The normalized spacial score (nSPS) is 16.8. The van der Waals surface area contributed by atoms with Crippen molar-refractivity contribution in [1.29, 1.82) is 0 Å². The number of imide groups is 2. The second-order valence-corrected chi connectivity index (χ2v) is 5.32. The van der Waals surface area contributed by atoms with Gasteiger partial charge in [-0.05, 0) is 24.3 Å². The van der Waals surface area contributed by atoms with Gasteiger partial charge in [0.15, 0.2) is 0 Å². The third-order valence-corrected chi connectivity index (χ3v) is 3.72. The van der Waals surface area contributed by atoms with Crippen LogP contribution >= 0.6 is 0 Å². The van der Waals surface area contributed by atoms with Gasteiger partial charge in [-0.25, -0.2) is 9.69 Å². The van der Waals surface area contributed by atoms with Gasteiger partial charge >= 0.3 is 6.03 Å². The van der Waals surface area contributed by atoms with Crippen LogP contribution in [-0.2, 0) is 14.3 Å². The highest BCUT2D eigenvalue weighted by molar-refractivity contribution is 6.39. The quantitative estimate of drug-likeness (QED) is 0.616. The Balaban J connectivity index is 2.05. The average Bonchev–Trinajstić information content (AvgIpc) is 3.13. The van der Waals surface area contributed by atoms with E-state index in [-0.39, 0.29) is 18.7 Å². The number of hydrogen-bond acceptors (Lipinski definition) is 5. The molecule has 0 N–H and O–H groups in total. The number of amides is 4. The molecule has 25 heavy (non-hydrogen) atoms. The maximum atomic E-state index is 12.8. The molecule has 4 amide bonds. The molecule has 7 heteroatoms. The minimum atomic E-state index is -0.692. The number of para-hydroxylation sites is 1. The van der Waals surface area contributed by atoms with Crippen molar-refractivity contribution < 1.29 is 23.5 Å². The van der Waals surface area contributed by atoms with Crippen molar-refractivity contribution in [2.75, 3.05) is 25.2 Å². The predicted octanol–water partition coefficient (Wildman–Crippen LogP) is 2.30. The monoisotopic (exact) mass is 340 g/mol. The molecule has 0 unspecified atom stereocenters. The van der Waals surface area contributed by atoms with Crippen LogP contribution in [0.25, 0.3) is 6.08 Å². The summed E-state index contributed by atoms with van der Waals surface area (Å²) in [5.74, 6) is -1.32. The Morgan fingerprint density at radius 2 is 1.84 bits per heavy atom. The van der Waals surface area contributed by atoms with E-state index >= 15 is 0 Å². The number of anilines is 1. The third-order valence-electron chi connectivity index (χ3n) is 3.72. The highest BCUT2D eigenvalue weighted by Crippen LogP contribution is 2.25. The van der Waals surface area contributed by atoms with Gasteiger partial charge in [-0.3, -0.25) is 14.5 Å². The fourth-order valence-corrected chi connectivity index (χ4v) is 2.48. The summed E-state index contributed by atoms with van der Waals surface area (Å²) >= 11 is 0. The second-order valence-electron chi connectivity index (χ2n) is 5.32. The molecule has 1 fully saturated rings. The zero-order chi connectivity index (χ0) is 17.8. The van der Waals surface area contributed by atoms with Crippen LogP contribution in [0.1, 0.15) is 5.56 Å². The molecular formula is C18H16N2O5. The van der Waals surface area contributed by atoms with Crippen molar-refractivity contribution >= 4 is 29.6 Å². The number of carbonyl (C=O) groups is 3. The molecule has 1 saturated heterocycles. The maximum absolute atomic E-state index is 12.8. The first-order valence-electron chi connectivity index (χ1n) is 7.61. The zero-order valence-electron chi connectivity index (χ0n) is 13.5. The van der Waals surface area contributed by atoms with Crippen LogP contribution in [-0.4, -0.2) is 43.0 Å². The SMILES string of the molecule is COCCN1C(=O)/C(=C/c2ccoc2)C(=O)N(c2ccccc2)C1=O. The van der Waals surface area contributed by atoms with Crippen LogP contribution in [0.4, 0.5) is 10.5 Å². The molecule has 0 bridgehead atoms. The first-order chi connectivity index (χ1) is 12.1. The van der Waals surface area contributed by atoms with Crippen LogP contribution in [0.3, 0.4) is 0 Å². The largest absolute Gasteiger partial charge is 0.472 e. The van der Waals surface area contributed by atoms with Gasteiger partial charge in [-0.15, -0.1) is 0 Å². The fraction of sp³-hybridized carbons (Fsp3) is 0.167. The van der Waals surface area contributed by atoms with E-state index in [0.29, 0.717) is 11.3 Å². The Hall–Kier alpha value is -3.19. The summed E-state index contributed by atoms with van der Waals surface area (Å²) in [6, 6.07) is 9.40. The summed E-state index contributed by atoms with van der Waals surface area (Å²) < 4.78 is 9.94. The van der Waals surface area contributed by atoms with Gasteiger partial charge in [0.05, 0.1) is 31.4 Å². The van der Waals surface area contributed by atoms with Gasteiger partial charge in [0.1, 0.15) is 5.57 Å². The highest BCUT2D eigenvalue weighted by atomic mass is 16.5. The average molecular weight is 340 g/mol. The van der Waals surface area contributed by atoms with E-state index in [1.165, 1.54) is 25.7 Å². The smallest absolute Gasteiger partial charge is 0.338 e. The Bertz CT molecular complexity index is 811. The fourth-order valence-electron chi connectivity index (χ4n) is 2.48. The lowest BCUT2D eigenvalue weighted by Crippen LogP contribution is -2.57. The van der Waals surface area contributed by atoms with Crippen LogP contribution in [0, 0.1) is 0 Å². The van der Waals surface area contributed by atoms with E-state index in [0.717, 1.165) is 9.80 Å². The molecule has 0 radical (unpaired) electrons. The molecule has 1 aliphatic rings. The van der Waals surface area contributed by atoms with E-state index in [9.17, 15) is 14.4 Å². The van der Waals surface area contributed by atoms with Gasteiger partial charge < -0.3 is 9.15 Å². The lowest BCUT2D eigenvalue weighted by Gasteiger charge is -2.33. The van der Waals surface area contributed by atoms with E-state index < -0.39 is 17.8 Å². The summed E-state index contributed by atoms with van der Waals surface area (Å²) in [6.45, 7) is 0.223. The molecule has 0 spiro atoms. The van der Waals surface area contributed by atoms with Crippen LogP contribution in [0.2, 0.25) is 0 Å². The number of rotatable bonds is 5. The van der Waals surface area contributed by atoms with E-state index in [2.05, 4.69) is 0 Å². The Labute approximate surface area is 144 Å². The van der Waals surface area contributed by atoms with Gasteiger partial charge in [-0.1, -0.05) is 18.2 Å². The molecule has 128 valence electrons. The number of hydrogen-bond donors (Lipinski definition) is 0. The van der Waals surface area contributed by atoms with Crippen LogP contribution in [0.15, 0.2) is 58.9 Å². The first-order valence-corrected chi connectivity index (χ1v) is 7.61. The number of urea groups is 1. The molecule has 1 aliphatic heterocycles. The number of carbonyl (C=O) groups excluding carboxylic acids is 3. The molecule has 1 aromatic carbocycles. The minimum Gasteiger partial charge on any atom is -0.472 e. The van der Waals surface area contributed by atoms with Crippen molar-refractivity contribution in [3.05, 3.63) is 60.1 Å². The minimum absolute atomic E-state index is 0.0491. The van der Waals surface area contributed by atoms with Crippen molar-refractivity contribution in [2.45, 2.75) is 0 Å². The molecule has 0 aliphatic carbocycles. The molecule has 0 atom stereocenters. The lowest BCUT2D eigenvalue weighted by molar-refractivity contribution is -0.129. The zero-order valence-corrected chi connectivity index (χ0v) is 13.5. The van der Waals surface area contributed by atoms with Crippen molar-refractivity contribution in [1.82, 2.24) is 4.90 Å². The lowest BCUT2D eigenvalue weighted by atomic mass is 10.1. The number of ether oxygens (including phenoxy) is 1.